The summed E-state index contributed by atoms with van der Waals surface area (Å²) in [6.07, 6.45) is 4.98. The highest BCUT2D eigenvalue weighted by atomic mass is 32.1. The van der Waals surface area contributed by atoms with E-state index in [1.54, 1.807) is 0 Å². The molecule has 2 N–H and O–H groups in total. The molecule has 2 rings (SSSR count). The Balaban J connectivity index is 1.86. The minimum absolute atomic E-state index is 0.614. The summed E-state index contributed by atoms with van der Waals surface area (Å²) >= 11 is 1.47. The molecule has 1 aromatic carbocycles. The first-order valence-electron chi connectivity index (χ1n) is 6.95. The summed E-state index contributed by atoms with van der Waals surface area (Å²) in [5.41, 5.74) is 8.93. The van der Waals surface area contributed by atoms with Crippen LogP contribution in [-0.4, -0.2) is 11.2 Å². The number of nitrogens with zero attached hydrogens (tertiary/aromatic N) is 2. The number of hydrogen-bond donors (Lipinski definition) is 1. The first kappa shape index (κ1) is 14.7. The second kappa shape index (κ2) is 7.20. The molecule has 2 aromatic rings. The van der Waals surface area contributed by atoms with E-state index in [4.69, 9.17) is 5.73 Å². The molecule has 106 valence electrons. The maximum atomic E-state index is 5.59. The summed E-state index contributed by atoms with van der Waals surface area (Å²) in [7, 11) is 0. The second-order valence-corrected chi connectivity index (χ2v) is 6.18. The van der Waals surface area contributed by atoms with Crippen LogP contribution in [0.2, 0.25) is 0 Å². The van der Waals surface area contributed by atoms with Crippen molar-refractivity contribution in [3.05, 3.63) is 40.9 Å². The van der Waals surface area contributed by atoms with Crippen LogP contribution in [0.25, 0.3) is 0 Å². The molecule has 1 aromatic heterocycles. The monoisotopic (exact) mass is 287 g/mol. The lowest BCUT2D eigenvalue weighted by Gasteiger charge is -2.04. The van der Waals surface area contributed by atoms with Gasteiger partial charge in [0.15, 0.2) is 5.13 Å². The Morgan fingerprint density at radius 3 is 2.65 bits per heavy atom. The molecule has 0 aliphatic carbocycles. The van der Waals surface area contributed by atoms with Crippen molar-refractivity contribution in [1.82, 2.24) is 4.98 Å². The molecule has 0 spiro atoms. The maximum absolute atomic E-state index is 5.59. The zero-order valence-electron chi connectivity index (χ0n) is 12.0. The van der Waals surface area contributed by atoms with Gasteiger partial charge in [-0.25, -0.2) is 4.98 Å². The van der Waals surface area contributed by atoms with Crippen LogP contribution in [0.15, 0.2) is 34.6 Å². The topological polar surface area (TPSA) is 51.3 Å². The van der Waals surface area contributed by atoms with Crippen LogP contribution < -0.4 is 5.73 Å². The van der Waals surface area contributed by atoms with Crippen LogP contribution in [0.5, 0.6) is 0 Å². The smallest absolute Gasteiger partial charge is 0.180 e. The number of thiazole rings is 1. The molecule has 0 saturated carbocycles. The second-order valence-electron chi connectivity index (χ2n) is 5.29. The lowest BCUT2D eigenvalue weighted by atomic mass is 10.0. The predicted octanol–water partition coefficient (Wildman–Crippen LogP) is 4.26. The van der Waals surface area contributed by atoms with Crippen LogP contribution in [-0.2, 0) is 12.8 Å². The quantitative estimate of drug-likeness (QED) is 0.807. The van der Waals surface area contributed by atoms with Gasteiger partial charge in [0.05, 0.1) is 11.4 Å². The van der Waals surface area contributed by atoms with Crippen molar-refractivity contribution in [1.29, 1.82) is 0 Å². The molecule has 0 amide bonds. The van der Waals surface area contributed by atoms with Crippen molar-refractivity contribution >= 4 is 28.4 Å². The van der Waals surface area contributed by atoms with Crippen LogP contribution in [0.3, 0.4) is 0 Å². The molecule has 20 heavy (non-hydrogen) atoms. The summed E-state index contributed by atoms with van der Waals surface area (Å²) in [6.45, 7) is 4.51. The number of aliphatic imine (C=N–C) groups is 1. The summed E-state index contributed by atoms with van der Waals surface area (Å²) in [5, 5.41) is 2.58. The number of aromatic nitrogens is 1. The Kier molecular flexibility index (Phi) is 5.30. The molecule has 0 atom stereocenters. The van der Waals surface area contributed by atoms with E-state index in [0.29, 0.717) is 5.13 Å². The Morgan fingerprint density at radius 2 is 2.05 bits per heavy atom. The van der Waals surface area contributed by atoms with E-state index >= 15 is 0 Å². The zero-order chi connectivity index (χ0) is 14.4. The van der Waals surface area contributed by atoms with E-state index in [1.807, 2.05) is 11.6 Å². The minimum Gasteiger partial charge on any atom is -0.375 e. The van der Waals surface area contributed by atoms with Gasteiger partial charge in [-0.05, 0) is 36.5 Å². The Labute approximate surface area is 124 Å². The van der Waals surface area contributed by atoms with Gasteiger partial charge in [0.25, 0.3) is 0 Å². The number of aryl methyl sites for hydroxylation is 1. The number of nitrogens with two attached hydrogens (primary N) is 1. The molecule has 4 heteroatoms. The van der Waals surface area contributed by atoms with E-state index in [0.717, 1.165) is 30.1 Å². The van der Waals surface area contributed by atoms with E-state index in [2.05, 4.69) is 48.1 Å². The minimum atomic E-state index is 0.614. The largest absolute Gasteiger partial charge is 0.375 e. The van der Waals surface area contributed by atoms with Crippen LogP contribution in [0.4, 0.5) is 10.8 Å². The van der Waals surface area contributed by atoms with Crippen LogP contribution in [0, 0.1) is 5.92 Å². The van der Waals surface area contributed by atoms with E-state index in [-0.39, 0.29) is 0 Å². The number of hydrogen-bond acceptors (Lipinski definition) is 4. The molecule has 0 unspecified atom stereocenters. The van der Waals surface area contributed by atoms with Gasteiger partial charge in [-0.3, -0.25) is 4.99 Å². The van der Waals surface area contributed by atoms with Gasteiger partial charge in [-0.15, -0.1) is 11.3 Å². The van der Waals surface area contributed by atoms with Crippen LogP contribution in [0.1, 0.15) is 31.5 Å². The van der Waals surface area contributed by atoms with Gasteiger partial charge < -0.3 is 5.73 Å². The number of anilines is 1. The van der Waals surface area contributed by atoms with E-state index in [9.17, 15) is 0 Å². The Morgan fingerprint density at radius 1 is 1.30 bits per heavy atom. The van der Waals surface area contributed by atoms with Gasteiger partial charge in [-0.1, -0.05) is 26.0 Å². The third-order valence-electron chi connectivity index (χ3n) is 3.06. The van der Waals surface area contributed by atoms with Crippen molar-refractivity contribution in [3.8, 4) is 0 Å². The highest BCUT2D eigenvalue weighted by Gasteiger charge is 1.98. The van der Waals surface area contributed by atoms with Gasteiger partial charge in [0, 0.05) is 18.0 Å². The molecule has 0 bridgehead atoms. The predicted molar refractivity (Wildman–Crippen MR) is 88.0 cm³/mol. The molecule has 0 aliphatic heterocycles. The summed E-state index contributed by atoms with van der Waals surface area (Å²) in [5.74, 6) is 0.748. The van der Waals surface area contributed by atoms with Crippen molar-refractivity contribution in [2.24, 2.45) is 10.9 Å². The highest BCUT2D eigenvalue weighted by Crippen LogP contribution is 2.16. The zero-order valence-corrected chi connectivity index (χ0v) is 12.9. The SMILES string of the molecule is CC(C)CCc1ccc(N=CCc2csc(N)n2)cc1. The summed E-state index contributed by atoms with van der Waals surface area (Å²) in [6, 6.07) is 8.47. The molecule has 0 radical (unpaired) electrons. The van der Waals surface area contributed by atoms with Gasteiger partial charge in [-0.2, -0.15) is 0 Å². The van der Waals surface area contributed by atoms with Crippen molar-refractivity contribution in [3.63, 3.8) is 0 Å². The average Bonchev–Trinajstić information content (AvgIpc) is 2.83. The molecule has 1 heterocycles. The summed E-state index contributed by atoms with van der Waals surface area (Å²) < 4.78 is 0. The number of nitrogen functional groups attached to an aromatic ring is 1. The average molecular weight is 287 g/mol. The number of benzene rings is 1. The molecule has 0 fully saturated rings. The fourth-order valence-corrected chi connectivity index (χ4v) is 2.44. The molecule has 0 saturated heterocycles. The molecular formula is C16H21N3S. The third kappa shape index (κ3) is 4.78. The lowest BCUT2D eigenvalue weighted by Crippen LogP contribution is -1.91. The summed E-state index contributed by atoms with van der Waals surface area (Å²) in [4.78, 5) is 8.65. The van der Waals surface area contributed by atoms with Crippen molar-refractivity contribution in [2.45, 2.75) is 33.1 Å². The van der Waals surface area contributed by atoms with Gasteiger partial charge >= 0.3 is 0 Å². The fraction of sp³-hybridized carbons (Fsp3) is 0.375. The standard InChI is InChI=1S/C16H21N3S/c1-12(2)3-4-13-5-7-14(8-6-13)18-10-9-15-11-20-16(17)19-15/h5-8,10-12H,3-4,9H2,1-2H3,(H2,17,19). The molecular weight excluding hydrogens is 266 g/mol. The first-order valence-corrected chi connectivity index (χ1v) is 7.83. The van der Waals surface area contributed by atoms with Crippen molar-refractivity contribution in [2.75, 3.05) is 5.73 Å². The molecule has 3 nitrogen and oxygen atoms in total. The third-order valence-corrected chi connectivity index (χ3v) is 3.78. The Hall–Kier alpha value is -1.68. The lowest BCUT2D eigenvalue weighted by molar-refractivity contribution is 0.587. The van der Waals surface area contributed by atoms with E-state index in [1.165, 1.54) is 23.3 Å². The van der Waals surface area contributed by atoms with Gasteiger partial charge in [0.2, 0.25) is 0 Å². The Bertz CT molecular complexity index is 555. The maximum Gasteiger partial charge on any atom is 0.180 e. The molecule has 0 aliphatic rings. The van der Waals surface area contributed by atoms with Crippen molar-refractivity contribution < 1.29 is 0 Å². The van der Waals surface area contributed by atoms with Gasteiger partial charge in [0.1, 0.15) is 0 Å². The van der Waals surface area contributed by atoms with E-state index < -0.39 is 0 Å². The fourth-order valence-electron chi connectivity index (χ4n) is 1.86. The highest BCUT2D eigenvalue weighted by molar-refractivity contribution is 7.13. The van der Waals surface area contributed by atoms with Crippen LogP contribution >= 0.6 is 11.3 Å². The normalized spacial score (nSPS) is 11.6. The first-order chi connectivity index (χ1) is 9.63. The number of rotatable bonds is 6.